The Kier molecular flexibility index (Phi) is 4.91. The molecule has 164 valence electrons. The number of nitrogens with one attached hydrogen (secondary N) is 1. The molecule has 1 fully saturated rings. The highest BCUT2D eigenvalue weighted by Crippen LogP contribution is 2.29. The van der Waals surface area contributed by atoms with Crippen LogP contribution in [0.15, 0.2) is 43.0 Å². The topological polar surface area (TPSA) is 92.6 Å². The Bertz CT molecular complexity index is 1270. The Balaban J connectivity index is 1.46. The van der Waals surface area contributed by atoms with E-state index in [1.54, 1.807) is 16.9 Å². The largest absolute Gasteiger partial charge is 0.338 e. The van der Waals surface area contributed by atoms with Gasteiger partial charge >= 0.3 is 0 Å². The van der Waals surface area contributed by atoms with Gasteiger partial charge in [0.25, 0.3) is 11.8 Å². The SMILES string of the molecule is CCc1ccc(-n2ncc3cc(C(=O)N4CCC(F)(F)CC4)cnc32)cc1-c1ncn[nH]1. The van der Waals surface area contributed by atoms with E-state index in [1.807, 2.05) is 18.2 Å². The average Bonchev–Trinajstić information content (AvgIpc) is 3.48. The van der Waals surface area contributed by atoms with E-state index in [9.17, 15) is 13.6 Å². The standard InChI is InChI=1S/C22H21F2N7O/c1-2-14-3-4-17(10-18(14)19-26-13-27-29-19)31-20-15(12-28-31)9-16(11-25-20)21(32)30-7-5-22(23,24)6-8-30/h3-4,9-13H,2,5-8H2,1H3,(H,26,27,29). The molecule has 0 aliphatic carbocycles. The molecule has 3 aromatic heterocycles. The lowest BCUT2D eigenvalue weighted by molar-refractivity contribution is -0.0494. The number of carbonyl (C=O) groups is 1. The number of benzene rings is 1. The normalized spacial score (nSPS) is 15.9. The molecule has 0 bridgehead atoms. The Morgan fingerprint density at radius 2 is 1.97 bits per heavy atom. The molecule has 0 atom stereocenters. The van der Waals surface area contributed by atoms with Crippen molar-refractivity contribution in [1.29, 1.82) is 0 Å². The number of aryl methyl sites for hydroxylation is 1. The maximum absolute atomic E-state index is 13.4. The van der Waals surface area contributed by atoms with E-state index >= 15 is 0 Å². The fourth-order valence-electron chi connectivity index (χ4n) is 4.01. The van der Waals surface area contributed by atoms with Gasteiger partial charge in [0.2, 0.25) is 0 Å². The van der Waals surface area contributed by atoms with Crippen LogP contribution >= 0.6 is 0 Å². The van der Waals surface area contributed by atoms with Gasteiger partial charge in [0, 0.05) is 43.1 Å². The second-order valence-electron chi connectivity index (χ2n) is 7.87. The van der Waals surface area contributed by atoms with Crippen molar-refractivity contribution in [3.05, 3.63) is 54.1 Å². The lowest BCUT2D eigenvalue weighted by Gasteiger charge is -2.31. The highest BCUT2D eigenvalue weighted by Gasteiger charge is 2.35. The Hall–Kier alpha value is -3.69. The Morgan fingerprint density at radius 1 is 1.16 bits per heavy atom. The lowest BCUT2D eigenvalue weighted by atomic mass is 10.0. The summed E-state index contributed by atoms with van der Waals surface area (Å²) in [7, 11) is 0. The summed E-state index contributed by atoms with van der Waals surface area (Å²) in [5.74, 6) is -2.31. The Labute approximate surface area is 182 Å². The van der Waals surface area contributed by atoms with Gasteiger partial charge in [0.05, 0.1) is 17.4 Å². The van der Waals surface area contributed by atoms with Gasteiger partial charge in [0.1, 0.15) is 6.33 Å². The predicted octanol–water partition coefficient (Wildman–Crippen LogP) is 3.64. The van der Waals surface area contributed by atoms with Gasteiger partial charge in [-0.05, 0) is 30.2 Å². The van der Waals surface area contributed by atoms with Crippen molar-refractivity contribution in [3.63, 3.8) is 0 Å². The van der Waals surface area contributed by atoms with Gasteiger partial charge in [-0.25, -0.2) is 23.4 Å². The molecule has 4 aromatic rings. The number of alkyl halides is 2. The van der Waals surface area contributed by atoms with E-state index in [-0.39, 0.29) is 31.8 Å². The first-order chi connectivity index (χ1) is 15.4. The second kappa shape index (κ2) is 7.77. The number of aromatic nitrogens is 6. The minimum atomic E-state index is -2.70. The molecule has 1 aromatic carbocycles. The molecule has 0 spiro atoms. The summed E-state index contributed by atoms with van der Waals surface area (Å²) in [6, 6.07) is 7.66. The molecule has 5 rings (SSSR count). The van der Waals surface area contributed by atoms with Crippen LogP contribution in [0.25, 0.3) is 28.1 Å². The van der Waals surface area contributed by atoms with Crippen molar-refractivity contribution in [3.8, 4) is 17.1 Å². The van der Waals surface area contributed by atoms with Crippen molar-refractivity contribution < 1.29 is 13.6 Å². The summed E-state index contributed by atoms with van der Waals surface area (Å²) in [5.41, 5.74) is 3.81. The number of hydrogen-bond acceptors (Lipinski definition) is 5. The third kappa shape index (κ3) is 3.61. The maximum atomic E-state index is 13.4. The zero-order valence-electron chi connectivity index (χ0n) is 17.4. The number of hydrogen-bond donors (Lipinski definition) is 1. The summed E-state index contributed by atoms with van der Waals surface area (Å²) < 4.78 is 28.5. The molecule has 4 heterocycles. The molecule has 32 heavy (non-hydrogen) atoms. The van der Waals surface area contributed by atoms with Gasteiger partial charge in [-0.3, -0.25) is 9.89 Å². The van der Waals surface area contributed by atoms with Crippen LogP contribution in [0.2, 0.25) is 0 Å². The molecule has 0 saturated carbocycles. The number of amides is 1. The minimum Gasteiger partial charge on any atom is -0.338 e. The average molecular weight is 437 g/mol. The van der Waals surface area contributed by atoms with E-state index in [0.717, 1.165) is 23.2 Å². The van der Waals surface area contributed by atoms with Gasteiger partial charge in [-0.1, -0.05) is 13.0 Å². The predicted molar refractivity (Wildman–Crippen MR) is 114 cm³/mol. The maximum Gasteiger partial charge on any atom is 0.255 e. The smallest absolute Gasteiger partial charge is 0.255 e. The molecule has 1 aliphatic rings. The first-order valence-corrected chi connectivity index (χ1v) is 10.4. The van der Waals surface area contributed by atoms with Crippen molar-refractivity contribution >= 4 is 16.9 Å². The fourth-order valence-corrected chi connectivity index (χ4v) is 4.01. The summed E-state index contributed by atoms with van der Waals surface area (Å²) in [6.45, 7) is 2.15. The zero-order chi connectivity index (χ0) is 22.3. The van der Waals surface area contributed by atoms with E-state index in [2.05, 4.69) is 32.2 Å². The van der Waals surface area contributed by atoms with Gasteiger partial charge in [0.15, 0.2) is 11.5 Å². The number of fused-ring (bicyclic) bond motifs is 1. The van der Waals surface area contributed by atoms with Crippen molar-refractivity contribution in [2.24, 2.45) is 0 Å². The molecule has 1 saturated heterocycles. The van der Waals surface area contributed by atoms with Crippen LogP contribution in [0.5, 0.6) is 0 Å². The van der Waals surface area contributed by atoms with Gasteiger partial charge in [-0.2, -0.15) is 10.2 Å². The number of rotatable bonds is 4. The molecule has 0 radical (unpaired) electrons. The molecule has 8 nitrogen and oxygen atoms in total. The van der Waals surface area contributed by atoms with Crippen molar-refractivity contribution in [2.75, 3.05) is 13.1 Å². The summed E-state index contributed by atoms with van der Waals surface area (Å²) >= 11 is 0. The quantitative estimate of drug-likeness (QED) is 0.526. The molecular formula is C22H21F2N7O. The molecule has 0 unspecified atom stereocenters. The monoisotopic (exact) mass is 437 g/mol. The zero-order valence-corrected chi connectivity index (χ0v) is 17.4. The number of pyridine rings is 1. The number of likely N-dealkylation sites (tertiary alicyclic amines) is 1. The number of carbonyl (C=O) groups excluding carboxylic acids is 1. The molecule has 1 aliphatic heterocycles. The highest BCUT2D eigenvalue weighted by atomic mass is 19.3. The second-order valence-corrected chi connectivity index (χ2v) is 7.87. The number of H-pyrrole nitrogens is 1. The van der Waals surface area contributed by atoms with Crippen LogP contribution in [-0.2, 0) is 6.42 Å². The first-order valence-electron chi connectivity index (χ1n) is 10.4. The molecular weight excluding hydrogens is 416 g/mol. The molecule has 1 amide bonds. The number of aromatic amines is 1. The lowest BCUT2D eigenvalue weighted by Crippen LogP contribution is -2.42. The summed E-state index contributed by atoms with van der Waals surface area (Å²) in [6.07, 6.45) is 4.80. The van der Waals surface area contributed by atoms with Gasteiger partial charge in [-0.15, -0.1) is 0 Å². The molecule has 1 N–H and O–H groups in total. The highest BCUT2D eigenvalue weighted by molar-refractivity contribution is 5.97. The van der Waals surface area contributed by atoms with E-state index in [0.29, 0.717) is 22.4 Å². The van der Waals surface area contributed by atoms with Gasteiger partial charge < -0.3 is 4.90 Å². The Morgan fingerprint density at radius 3 is 2.69 bits per heavy atom. The minimum absolute atomic E-state index is 0.0390. The third-order valence-corrected chi connectivity index (χ3v) is 5.83. The number of nitrogens with zero attached hydrogens (tertiary/aromatic N) is 6. The molecule has 10 heteroatoms. The summed E-state index contributed by atoms with van der Waals surface area (Å²) in [5, 5.41) is 12.0. The summed E-state index contributed by atoms with van der Waals surface area (Å²) in [4.78, 5) is 23.0. The van der Waals surface area contributed by atoms with Crippen LogP contribution in [0.1, 0.15) is 35.7 Å². The van der Waals surface area contributed by atoms with E-state index < -0.39 is 5.92 Å². The van der Waals surface area contributed by atoms with Crippen LogP contribution in [0.4, 0.5) is 8.78 Å². The first kappa shape index (κ1) is 20.2. The van der Waals surface area contributed by atoms with Crippen LogP contribution < -0.4 is 0 Å². The van der Waals surface area contributed by atoms with E-state index in [4.69, 9.17) is 0 Å². The number of halogens is 2. The van der Waals surface area contributed by atoms with Crippen LogP contribution in [0, 0.1) is 0 Å². The third-order valence-electron chi connectivity index (χ3n) is 5.83. The van der Waals surface area contributed by atoms with Crippen LogP contribution in [-0.4, -0.2) is 59.8 Å². The van der Waals surface area contributed by atoms with Crippen molar-refractivity contribution in [1.82, 2.24) is 34.8 Å². The fraction of sp³-hybridized carbons (Fsp3) is 0.318. The number of piperidine rings is 1. The van der Waals surface area contributed by atoms with E-state index in [1.165, 1.54) is 17.4 Å². The van der Waals surface area contributed by atoms with Crippen molar-refractivity contribution in [2.45, 2.75) is 32.1 Å². The van der Waals surface area contributed by atoms with Crippen LogP contribution in [0.3, 0.4) is 0 Å².